The standard InChI is InChI=1S/C14H18BrN3O2/c15-9-3-6-12(16)11(7-9)14(20)18-10-4-1-8(2-5-10)13(17)19/h3,6-8,10H,1-2,4-5,16H2,(H2,17,19)(H,18,20). The van der Waals surface area contributed by atoms with Crippen molar-refractivity contribution in [1.82, 2.24) is 5.32 Å². The second-order valence-corrected chi connectivity index (χ2v) is 6.07. The van der Waals surface area contributed by atoms with Crippen LogP contribution in [-0.4, -0.2) is 17.9 Å². The van der Waals surface area contributed by atoms with E-state index in [1.165, 1.54) is 0 Å². The number of nitrogens with two attached hydrogens (primary N) is 2. The minimum atomic E-state index is -0.244. The number of benzene rings is 1. The topological polar surface area (TPSA) is 98.2 Å². The summed E-state index contributed by atoms with van der Waals surface area (Å²) in [4.78, 5) is 23.3. The van der Waals surface area contributed by atoms with Gasteiger partial charge in [-0.1, -0.05) is 15.9 Å². The maximum atomic E-state index is 12.2. The first-order valence-electron chi connectivity index (χ1n) is 6.62. The Balaban J connectivity index is 1.96. The summed E-state index contributed by atoms with van der Waals surface area (Å²) in [6.07, 6.45) is 3.00. The third-order valence-electron chi connectivity index (χ3n) is 3.72. The fraction of sp³-hybridized carbons (Fsp3) is 0.429. The highest BCUT2D eigenvalue weighted by atomic mass is 79.9. The maximum Gasteiger partial charge on any atom is 0.253 e. The quantitative estimate of drug-likeness (QED) is 0.732. The van der Waals surface area contributed by atoms with Crippen LogP contribution in [0.5, 0.6) is 0 Å². The van der Waals surface area contributed by atoms with Crippen molar-refractivity contribution in [3.63, 3.8) is 0 Å². The lowest BCUT2D eigenvalue weighted by Crippen LogP contribution is -2.40. The first-order chi connectivity index (χ1) is 9.47. The molecule has 2 amide bonds. The van der Waals surface area contributed by atoms with Gasteiger partial charge < -0.3 is 16.8 Å². The fourth-order valence-electron chi connectivity index (χ4n) is 2.51. The van der Waals surface area contributed by atoms with Crippen LogP contribution in [0.4, 0.5) is 5.69 Å². The van der Waals surface area contributed by atoms with Crippen molar-refractivity contribution in [2.45, 2.75) is 31.7 Å². The summed E-state index contributed by atoms with van der Waals surface area (Å²) in [5.41, 5.74) is 12.0. The van der Waals surface area contributed by atoms with Crippen LogP contribution in [-0.2, 0) is 4.79 Å². The highest BCUT2D eigenvalue weighted by Crippen LogP contribution is 2.25. The largest absolute Gasteiger partial charge is 0.398 e. The van der Waals surface area contributed by atoms with Crippen molar-refractivity contribution in [3.8, 4) is 0 Å². The predicted molar refractivity (Wildman–Crippen MR) is 81.0 cm³/mol. The summed E-state index contributed by atoms with van der Waals surface area (Å²) in [6.45, 7) is 0. The Morgan fingerprint density at radius 2 is 1.85 bits per heavy atom. The molecule has 1 aromatic carbocycles. The lowest BCUT2D eigenvalue weighted by molar-refractivity contribution is -0.122. The molecule has 5 nitrogen and oxygen atoms in total. The van der Waals surface area contributed by atoms with Gasteiger partial charge in [0.15, 0.2) is 0 Å². The summed E-state index contributed by atoms with van der Waals surface area (Å²) < 4.78 is 0.814. The molecular formula is C14H18BrN3O2. The van der Waals surface area contributed by atoms with E-state index in [0.717, 1.165) is 30.2 Å². The number of hydrogen-bond acceptors (Lipinski definition) is 3. The number of nitrogens with one attached hydrogen (secondary N) is 1. The molecule has 6 heteroatoms. The Morgan fingerprint density at radius 1 is 1.20 bits per heavy atom. The molecule has 2 rings (SSSR count). The summed E-state index contributed by atoms with van der Waals surface area (Å²) in [7, 11) is 0. The molecule has 1 aliphatic rings. The minimum absolute atomic E-state index is 0.0564. The molecule has 20 heavy (non-hydrogen) atoms. The number of carbonyl (C=O) groups is 2. The second kappa shape index (κ2) is 6.26. The predicted octanol–water partition coefficient (Wildman–Crippen LogP) is 1.81. The number of hydrogen-bond donors (Lipinski definition) is 3. The molecular weight excluding hydrogens is 322 g/mol. The van der Waals surface area contributed by atoms with Gasteiger partial charge in [0.25, 0.3) is 5.91 Å². The van der Waals surface area contributed by atoms with Gasteiger partial charge in [0, 0.05) is 22.1 Å². The van der Waals surface area contributed by atoms with Gasteiger partial charge in [0.1, 0.15) is 0 Å². The van der Waals surface area contributed by atoms with Crippen LogP contribution in [0.25, 0.3) is 0 Å². The van der Waals surface area contributed by atoms with E-state index in [1.807, 2.05) is 0 Å². The second-order valence-electron chi connectivity index (χ2n) is 5.16. The van der Waals surface area contributed by atoms with Crippen LogP contribution in [0.1, 0.15) is 36.0 Å². The van der Waals surface area contributed by atoms with Crippen LogP contribution in [0.3, 0.4) is 0 Å². The Hall–Kier alpha value is -1.56. The first kappa shape index (κ1) is 14.8. The van der Waals surface area contributed by atoms with Crippen LogP contribution in [0, 0.1) is 5.92 Å². The highest BCUT2D eigenvalue weighted by Gasteiger charge is 2.26. The fourth-order valence-corrected chi connectivity index (χ4v) is 2.87. The van der Waals surface area contributed by atoms with E-state index in [0.29, 0.717) is 11.3 Å². The molecule has 108 valence electrons. The lowest BCUT2D eigenvalue weighted by Gasteiger charge is -2.27. The Kier molecular flexibility index (Phi) is 4.65. The van der Waals surface area contributed by atoms with Crippen molar-refractivity contribution in [3.05, 3.63) is 28.2 Å². The molecule has 0 heterocycles. The summed E-state index contributed by atoms with van der Waals surface area (Å²) >= 11 is 3.33. The zero-order chi connectivity index (χ0) is 14.7. The van der Waals surface area contributed by atoms with Crippen LogP contribution >= 0.6 is 15.9 Å². The summed E-state index contributed by atoms with van der Waals surface area (Å²) in [5, 5.41) is 2.97. The zero-order valence-corrected chi connectivity index (χ0v) is 12.7. The number of primary amides is 1. The summed E-state index contributed by atoms with van der Waals surface area (Å²) in [6, 6.07) is 5.28. The van der Waals surface area contributed by atoms with E-state index < -0.39 is 0 Å². The van der Waals surface area contributed by atoms with Crippen molar-refractivity contribution in [1.29, 1.82) is 0 Å². The van der Waals surface area contributed by atoms with Gasteiger partial charge in [0.05, 0.1) is 5.56 Å². The Morgan fingerprint density at radius 3 is 2.45 bits per heavy atom. The number of nitrogen functional groups attached to an aromatic ring is 1. The van der Waals surface area contributed by atoms with Gasteiger partial charge in [-0.2, -0.15) is 0 Å². The van der Waals surface area contributed by atoms with Crippen LogP contribution in [0.15, 0.2) is 22.7 Å². The van der Waals surface area contributed by atoms with Crippen molar-refractivity contribution in [2.75, 3.05) is 5.73 Å². The van der Waals surface area contributed by atoms with Gasteiger partial charge in [-0.15, -0.1) is 0 Å². The van der Waals surface area contributed by atoms with Gasteiger partial charge in [-0.05, 0) is 43.9 Å². The van der Waals surface area contributed by atoms with Crippen molar-refractivity contribution >= 4 is 33.4 Å². The molecule has 0 aromatic heterocycles. The molecule has 0 bridgehead atoms. The third kappa shape index (κ3) is 3.50. The number of halogens is 1. The maximum absolute atomic E-state index is 12.2. The monoisotopic (exact) mass is 339 g/mol. The average molecular weight is 340 g/mol. The lowest BCUT2D eigenvalue weighted by atomic mass is 9.85. The van der Waals surface area contributed by atoms with Gasteiger partial charge in [-0.25, -0.2) is 0 Å². The first-order valence-corrected chi connectivity index (χ1v) is 7.42. The third-order valence-corrected chi connectivity index (χ3v) is 4.22. The smallest absolute Gasteiger partial charge is 0.253 e. The Bertz CT molecular complexity index is 525. The molecule has 1 aromatic rings. The zero-order valence-electron chi connectivity index (χ0n) is 11.1. The molecule has 0 atom stereocenters. The van der Waals surface area contributed by atoms with Crippen LogP contribution < -0.4 is 16.8 Å². The molecule has 0 spiro atoms. The molecule has 0 saturated heterocycles. The molecule has 1 fully saturated rings. The summed E-state index contributed by atoms with van der Waals surface area (Å²) in [5.74, 6) is -0.476. The molecule has 0 unspecified atom stereocenters. The van der Waals surface area contributed by atoms with E-state index >= 15 is 0 Å². The van der Waals surface area contributed by atoms with Gasteiger partial charge >= 0.3 is 0 Å². The van der Waals surface area contributed by atoms with Crippen molar-refractivity contribution in [2.24, 2.45) is 11.7 Å². The molecule has 1 aliphatic carbocycles. The molecule has 0 radical (unpaired) electrons. The SMILES string of the molecule is NC(=O)C1CCC(NC(=O)c2cc(Br)ccc2N)CC1. The van der Waals surface area contributed by atoms with Gasteiger partial charge in [-0.3, -0.25) is 9.59 Å². The molecule has 1 saturated carbocycles. The number of rotatable bonds is 3. The van der Waals surface area contributed by atoms with E-state index in [4.69, 9.17) is 11.5 Å². The van der Waals surface area contributed by atoms with Gasteiger partial charge in [0.2, 0.25) is 5.91 Å². The van der Waals surface area contributed by atoms with E-state index in [1.54, 1.807) is 18.2 Å². The molecule has 5 N–H and O–H groups in total. The van der Waals surface area contributed by atoms with Crippen molar-refractivity contribution < 1.29 is 9.59 Å². The van der Waals surface area contributed by atoms with E-state index in [9.17, 15) is 9.59 Å². The Labute approximate surface area is 126 Å². The number of amides is 2. The number of anilines is 1. The normalized spacial score (nSPS) is 22.2. The highest BCUT2D eigenvalue weighted by molar-refractivity contribution is 9.10. The van der Waals surface area contributed by atoms with Crippen LogP contribution in [0.2, 0.25) is 0 Å². The van der Waals surface area contributed by atoms with E-state index in [-0.39, 0.29) is 23.8 Å². The molecule has 0 aliphatic heterocycles. The number of carbonyl (C=O) groups excluding carboxylic acids is 2. The average Bonchev–Trinajstić information content (AvgIpc) is 2.42. The van der Waals surface area contributed by atoms with E-state index in [2.05, 4.69) is 21.2 Å². The minimum Gasteiger partial charge on any atom is -0.398 e.